The summed E-state index contributed by atoms with van der Waals surface area (Å²) >= 11 is 0. The molecule has 6 nitrogen and oxygen atoms in total. The Hall–Kier alpha value is -3.36. The standard InChI is InChI=1S/C21H23N3O.C2HF3O2/c1-21(13-19(25)24(2)20(22)23-21)18-12-17(18)16-10-6-9-15(11-16)14-7-4-3-5-8-14;3-2(4,5)1(6)7/h3-11,17-18H,12-13H2,1-2H3,(H2,22,23);(H,6,7)/t17-,18+,21-;/m0./s1. The molecule has 1 saturated carbocycles. The van der Waals surface area contributed by atoms with Gasteiger partial charge in [-0.25, -0.2) is 9.79 Å². The van der Waals surface area contributed by atoms with E-state index in [0.717, 1.165) is 6.42 Å². The lowest BCUT2D eigenvalue weighted by Crippen LogP contribution is -2.49. The van der Waals surface area contributed by atoms with E-state index in [9.17, 15) is 18.0 Å². The SMILES string of the molecule is CN1C(=O)C[C@@](C)([C@@H]2C[C@H]2c2cccc(-c3ccccc3)c2)N=C1N.O=C(O)C(F)(F)F. The molecule has 170 valence electrons. The van der Waals surface area contributed by atoms with Gasteiger partial charge in [-0.1, -0.05) is 54.6 Å². The van der Waals surface area contributed by atoms with Crippen LogP contribution in [0.3, 0.4) is 0 Å². The molecule has 2 aromatic carbocycles. The number of carboxylic acid groups (broad SMARTS) is 1. The Kier molecular flexibility index (Phi) is 6.29. The van der Waals surface area contributed by atoms with Gasteiger partial charge in [0.25, 0.3) is 0 Å². The van der Waals surface area contributed by atoms with Crippen LogP contribution in [0.2, 0.25) is 0 Å². The van der Waals surface area contributed by atoms with Crippen molar-refractivity contribution in [3.63, 3.8) is 0 Å². The van der Waals surface area contributed by atoms with Gasteiger partial charge in [-0.15, -0.1) is 0 Å². The fraction of sp³-hybridized carbons (Fsp3) is 0.348. The summed E-state index contributed by atoms with van der Waals surface area (Å²) in [4.78, 5) is 27.2. The van der Waals surface area contributed by atoms with Crippen molar-refractivity contribution in [1.82, 2.24) is 4.90 Å². The van der Waals surface area contributed by atoms with E-state index in [2.05, 4.69) is 60.4 Å². The summed E-state index contributed by atoms with van der Waals surface area (Å²) in [5.74, 6) is -1.55. The lowest BCUT2D eigenvalue weighted by atomic mass is 9.87. The van der Waals surface area contributed by atoms with Crippen LogP contribution in [0.15, 0.2) is 59.6 Å². The molecule has 3 atom stereocenters. The Morgan fingerprint density at radius 2 is 1.75 bits per heavy atom. The average molecular weight is 447 g/mol. The quantitative estimate of drug-likeness (QED) is 0.743. The minimum Gasteiger partial charge on any atom is -0.475 e. The van der Waals surface area contributed by atoms with E-state index in [1.54, 1.807) is 7.05 Å². The highest BCUT2D eigenvalue weighted by Crippen LogP contribution is 2.56. The molecule has 0 spiro atoms. The van der Waals surface area contributed by atoms with E-state index in [1.165, 1.54) is 21.6 Å². The zero-order valence-electron chi connectivity index (χ0n) is 17.6. The van der Waals surface area contributed by atoms with Gasteiger partial charge in [-0.3, -0.25) is 9.69 Å². The van der Waals surface area contributed by atoms with Crippen molar-refractivity contribution in [2.45, 2.75) is 37.4 Å². The smallest absolute Gasteiger partial charge is 0.475 e. The summed E-state index contributed by atoms with van der Waals surface area (Å²) in [7, 11) is 1.69. The van der Waals surface area contributed by atoms with E-state index in [0.29, 0.717) is 24.2 Å². The molecule has 0 radical (unpaired) electrons. The number of rotatable bonds is 3. The van der Waals surface area contributed by atoms with Crippen LogP contribution in [0.1, 0.15) is 31.2 Å². The highest BCUT2D eigenvalue weighted by atomic mass is 19.4. The van der Waals surface area contributed by atoms with Crippen molar-refractivity contribution in [3.8, 4) is 11.1 Å². The number of halogens is 3. The molecule has 0 bridgehead atoms. The molecule has 1 heterocycles. The summed E-state index contributed by atoms with van der Waals surface area (Å²) < 4.78 is 31.7. The van der Waals surface area contributed by atoms with Crippen LogP contribution >= 0.6 is 0 Å². The van der Waals surface area contributed by atoms with Crippen LogP contribution in [0.25, 0.3) is 11.1 Å². The highest BCUT2D eigenvalue weighted by Gasteiger charge is 2.53. The number of carboxylic acids is 1. The molecular weight excluding hydrogens is 423 g/mol. The first-order valence-electron chi connectivity index (χ1n) is 10.00. The molecule has 9 heteroatoms. The molecule has 32 heavy (non-hydrogen) atoms. The van der Waals surface area contributed by atoms with Crippen molar-refractivity contribution < 1.29 is 27.9 Å². The van der Waals surface area contributed by atoms with Gasteiger partial charge in [0.15, 0.2) is 5.96 Å². The molecular formula is C23H24F3N3O3. The number of aliphatic carboxylic acids is 1. The summed E-state index contributed by atoms with van der Waals surface area (Å²) in [6.07, 6.45) is -3.59. The topological polar surface area (TPSA) is 96.0 Å². The van der Waals surface area contributed by atoms with E-state index < -0.39 is 12.1 Å². The molecule has 1 aliphatic carbocycles. The Morgan fingerprint density at radius 1 is 1.16 bits per heavy atom. The minimum atomic E-state index is -5.08. The molecule has 0 unspecified atom stereocenters. The molecule has 3 N–H and O–H groups in total. The molecule has 1 aliphatic heterocycles. The van der Waals surface area contributed by atoms with Crippen LogP contribution in [-0.2, 0) is 9.59 Å². The first-order chi connectivity index (χ1) is 14.9. The maximum atomic E-state index is 12.2. The number of hydrogen-bond acceptors (Lipinski definition) is 4. The van der Waals surface area contributed by atoms with E-state index in [4.69, 9.17) is 15.6 Å². The van der Waals surface area contributed by atoms with Gasteiger partial charge in [0.05, 0.1) is 12.0 Å². The van der Waals surface area contributed by atoms with Crippen LogP contribution in [0, 0.1) is 5.92 Å². The Bertz CT molecular complexity index is 1040. The molecule has 2 aliphatic rings. The number of carbonyl (C=O) groups excluding carboxylic acids is 1. The van der Waals surface area contributed by atoms with Gasteiger partial charge in [0.2, 0.25) is 5.91 Å². The van der Waals surface area contributed by atoms with Crippen molar-refractivity contribution in [2.24, 2.45) is 16.6 Å². The van der Waals surface area contributed by atoms with Gasteiger partial charge in [0.1, 0.15) is 0 Å². The lowest BCUT2D eigenvalue weighted by molar-refractivity contribution is -0.192. The fourth-order valence-corrected chi connectivity index (χ4v) is 3.97. The second kappa shape index (κ2) is 8.64. The third kappa shape index (κ3) is 5.09. The lowest BCUT2D eigenvalue weighted by Gasteiger charge is -2.33. The second-order valence-electron chi connectivity index (χ2n) is 8.20. The van der Waals surface area contributed by atoms with Gasteiger partial charge in [0, 0.05) is 7.05 Å². The first kappa shape index (κ1) is 23.3. The van der Waals surface area contributed by atoms with Gasteiger partial charge >= 0.3 is 12.1 Å². The predicted molar refractivity (Wildman–Crippen MR) is 114 cm³/mol. The van der Waals surface area contributed by atoms with Crippen molar-refractivity contribution >= 4 is 17.8 Å². The molecule has 0 aromatic heterocycles. The van der Waals surface area contributed by atoms with Crippen LogP contribution < -0.4 is 5.73 Å². The van der Waals surface area contributed by atoms with Crippen LogP contribution in [-0.4, -0.2) is 46.6 Å². The molecule has 1 amide bonds. The van der Waals surface area contributed by atoms with Gasteiger partial charge < -0.3 is 10.8 Å². The van der Waals surface area contributed by atoms with E-state index in [1.807, 2.05) is 6.07 Å². The van der Waals surface area contributed by atoms with E-state index >= 15 is 0 Å². The summed E-state index contributed by atoms with van der Waals surface area (Å²) in [5, 5.41) is 7.12. The summed E-state index contributed by atoms with van der Waals surface area (Å²) in [5.41, 5.74) is 9.35. The summed E-state index contributed by atoms with van der Waals surface area (Å²) in [6.45, 7) is 2.07. The van der Waals surface area contributed by atoms with Crippen LogP contribution in [0.4, 0.5) is 13.2 Å². The second-order valence-corrected chi connectivity index (χ2v) is 8.20. The Labute approximate surface area is 183 Å². The number of amides is 1. The van der Waals surface area contributed by atoms with Gasteiger partial charge in [-0.05, 0) is 41.9 Å². The number of aliphatic imine (C=N–C) groups is 1. The minimum absolute atomic E-state index is 0.0543. The largest absolute Gasteiger partial charge is 0.490 e. The molecule has 0 saturated heterocycles. The average Bonchev–Trinajstić information content (AvgIpc) is 3.54. The monoisotopic (exact) mass is 447 g/mol. The zero-order chi connectivity index (χ0) is 23.7. The maximum absolute atomic E-state index is 12.2. The number of nitrogens with two attached hydrogens (primary N) is 1. The van der Waals surface area contributed by atoms with Crippen molar-refractivity contribution in [3.05, 3.63) is 60.2 Å². The number of alkyl halides is 3. The Balaban J connectivity index is 0.000000360. The zero-order valence-corrected chi connectivity index (χ0v) is 17.6. The predicted octanol–water partition coefficient (Wildman–Crippen LogP) is 4.03. The third-order valence-electron chi connectivity index (χ3n) is 5.85. The highest BCUT2D eigenvalue weighted by molar-refractivity contribution is 5.98. The maximum Gasteiger partial charge on any atom is 0.490 e. The third-order valence-corrected chi connectivity index (χ3v) is 5.85. The normalized spacial score (nSPS) is 24.8. The number of nitrogens with zero attached hydrogens (tertiary/aromatic N) is 2. The molecule has 1 fully saturated rings. The van der Waals surface area contributed by atoms with Crippen molar-refractivity contribution in [2.75, 3.05) is 7.05 Å². The molecule has 2 aromatic rings. The fourth-order valence-electron chi connectivity index (χ4n) is 3.97. The van der Waals surface area contributed by atoms with Crippen LogP contribution in [0.5, 0.6) is 0 Å². The van der Waals surface area contributed by atoms with Gasteiger partial charge in [-0.2, -0.15) is 13.2 Å². The van der Waals surface area contributed by atoms with Crippen molar-refractivity contribution in [1.29, 1.82) is 0 Å². The number of hydrogen-bond donors (Lipinski definition) is 2. The Morgan fingerprint density at radius 3 is 2.31 bits per heavy atom. The van der Waals surface area contributed by atoms with E-state index in [-0.39, 0.29) is 11.4 Å². The number of benzene rings is 2. The number of carbonyl (C=O) groups is 2. The first-order valence-corrected chi connectivity index (χ1v) is 10.00. The summed E-state index contributed by atoms with van der Waals surface area (Å²) in [6, 6.07) is 19.1. The number of guanidine groups is 1. The molecule has 4 rings (SSSR count).